The van der Waals surface area contributed by atoms with Gasteiger partial charge in [0.15, 0.2) is 0 Å². The van der Waals surface area contributed by atoms with Crippen LogP contribution in [0.3, 0.4) is 0 Å². The highest BCUT2D eigenvalue weighted by Gasteiger charge is 2.32. The summed E-state index contributed by atoms with van der Waals surface area (Å²) >= 11 is 0. The Kier molecular flexibility index (Phi) is 7.23. The number of hydrogen-bond acceptors (Lipinski definition) is 5. The van der Waals surface area contributed by atoms with Crippen molar-refractivity contribution in [1.82, 2.24) is 15.1 Å². The molecule has 25 heavy (non-hydrogen) atoms. The van der Waals surface area contributed by atoms with Crippen molar-refractivity contribution in [3.63, 3.8) is 0 Å². The van der Waals surface area contributed by atoms with Crippen molar-refractivity contribution in [2.75, 3.05) is 39.8 Å². The number of amides is 2. The van der Waals surface area contributed by atoms with Crippen LogP contribution in [0.1, 0.15) is 39.5 Å². The van der Waals surface area contributed by atoms with Gasteiger partial charge in [-0.2, -0.15) is 0 Å². The third-order valence-electron chi connectivity index (χ3n) is 5.12. The molecule has 2 aliphatic rings. The molecule has 2 heterocycles. The summed E-state index contributed by atoms with van der Waals surface area (Å²) in [6.07, 6.45) is 3.17. The Morgan fingerprint density at radius 1 is 1.24 bits per heavy atom. The third kappa shape index (κ3) is 5.42. The Morgan fingerprint density at radius 3 is 2.68 bits per heavy atom. The number of likely N-dealkylation sites (tertiary alicyclic amines) is 1. The summed E-state index contributed by atoms with van der Waals surface area (Å²) in [4.78, 5) is 40.3. The van der Waals surface area contributed by atoms with Crippen molar-refractivity contribution in [1.29, 1.82) is 0 Å². The van der Waals surface area contributed by atoms with Gasteiger partial charge in [0.25, 0.3) is 0 Å². The molecule has 1 N–H and O–H groups in total. The molecule has 2 rings (SSSR count). The van der Waals surface area contributed by atoms with E-state index in [0.717, 1.165) is 32.2 Å². The number of piperidine rings is 2. The largest absolute Gasteiger partial charge is 0.466 e. The Bertz CT molecular complexity index is 497. The lowest BCUT2D eigenvalue weighted by Crippen LogP contribution is -2.49. The zero-order chi connectivity index (χ0) is 18.4. The highest BCUT2D eigenvalue weighted by Crippen LogP contribution is 2.20. The van der Waals surface area contributed by atoms with Crippen LogP contribution in [0.5, 0.6) is 0 Å². The highest BCUT2D eigenvalue weighted by molar-refractivity contribution is 5.86. The average Bonchev–Trinajstić information content (AvgIpc) is 2.61. The summed E-state index contributed by atoms with van der Waals surface area (Å²) in [6, 6.07) is 0.333. The molecule has 2 amide bonds. The minimum Gasteiger partial charge on any atom is -0.466 e. The first kappa shape index (κ1) is 19.7. The molecule has 2 saturated heterocycles. The first-order valence-corrected chi connectivity index (χ1v) is 9.35. The van der Waals surface area contributed by atoms with Crippen LogP contribution in [-0.2, 0) is 19.1 Å². The summed E-state index contributed by atoms with van der Waals surface area (Å²) in [5, 5.41) is 3.33. The summed E-state index contributed by atoms with van der Waals surface area (Å²) in [5.74, 6) is -0.535. The topological polar surface area (TPSA) is 79.0 Å². The van der Waals surface area contributed by atoms with E-state index in [9.17, 15) is 14.4 Å². The molecule has 0 aromatic heterocycles. The van der Waals surface area contributed by atoms with Crippen LogP contribution < -0.4 is 5.32 Å². The van der Waals surface area contributed by atoms with Gasteiger partial charge in [-0.3, -0.25) is 14.4 Å². The molecule has 1 unspecified atom stereocenters. The normalized spacial score (nSPS) is 26.8. The Hall–Kier alpha value is -1.63. The van der Waals surface area contributed by atoms with Crippen molar-refractivity contribution in [2.24, 2.45) is 11.8 Å². The number of esters is 1. The maximum Gasteiger partial charge on any atom is 0.310 e. The number of ether oxygens (including phenoxy) is 1. The van der Waals surface area contributed by atoms with Gasteiger partial charge in [-0.1, -0.05) is 0 Å². The van der Waals surface area contributed by atoms with Crippen molar-refractivity contribution in [3.8, 4) is 0 Å². The average molecular weight is 353 g/mol. The monoisotopic (exact) mass is 353 g/mol. The van der Waals surface area contributed by atoms with Crippen LogP contribution >= 0.6 is 0 Å². The van der Waals surface area contributed by atoms with E-state index in [-0.39, 0.29) is 36.2 Å². The van der Waals surface area contributed by atoms with Gasteiger partial charge in [0.05, 0.1) is 19.1 Å². The fourth-order valence-corrected chi connectivity index (χ4v) is 3.70. The van der Waals surface area contributed by atoms with Crippen molar-refractivity contribution >= 4 is 17.8 Å². The second-order valence-electron chi connectivity index (χ2n) is 7.20. The number of nitrogens with one attached hydrogen (secondary N) is 1. The van der Waals surface area contributed by atoms with Gasteiger partial charge < -0.3 is 19.9 Å². The fourth-order valence-electron chi connectivity index (χ4n) is 3.70. The maximum absolute atomic E-state index is 12.6. The molecule has 7 nitrogen and oxygen atoms in total. The van der Waals surface area contributed by atoms with E-state index in [4.69, 9.17) is 4.74 Å². The number of nitrogens with zero attached hydrogens (tertiary/aromatic N) is 2. The standard InChI is InChI=1S/C18H31N3O4/c1-4-25-18(24)15-6-5-9-21(11-15)16(22)12-20(3)17(23)14-7-8-19-13(2)10-14/h13-15,19H,4-12H2,1-3H3/t13-,14-,15?/m0/s1. The van der Waals surface area contributed by atoms with E-state index >= 15 is 0 Å². The number of rotatable bonds is 5. The molecule has 0 radical (unpaired) electrons. The molecule has 0 aromatic rings. The van der Waals surface area contributed by atoms with Crippen LogP contribution in [0.4, 0.5) is 0 Å². The first-order chi connectivity index (χ1) is 11.9. The molecule has 142 valence electrons. The van der Waals surface area contributed by atoms with Crippen LogP contribution in [0.15, 0.2) is 0 Å². The number of carbonyl (C=O) groups is 3. The van der Waals surface area contributed by atoms with E-state index in [1.54, 1.807) is 23.8 Å². The molecular formula is C18H31N3O4. The van der Waals surface area contributed by atoms with Crippen molar-refractivity contribution < 1.29 is 19.1 Å². The molecule has 2 fully saturated rings. The van der Waals surface area contributed by atoms with Gasteiger partial charge in [-0.15, -0.1) is 0 Å². The van der Waals surface area contributed by atoms with E-state index < -0.39 is 0 Å². The summed E-state index contributed by atoms with van der Waals surface area (Å²) in [6.45, 7) is 6.17. The zero-order valence-electron chi connectivity index (χ0n) is 15.6. The summed E-state index contributed by atoms with van der Waals surface area (Å²) in [7, 11) is 1.69. The van der Waals surface area contributed by atoms with Crippen molar-refractivity contribution in [2.45, 2.75) is 45.6 Å². The maximum atomic E-state index is 12.6. The third-order valence-corrected chi connectivity index (χ3v) is 5.12. The lowest BCUT2D eigenvalue weighted by atomic mass is 9.92. The smallest absolute Gasteiger partial charge is 0.310 e. The van der Waals surface area contributed by atoms with E-state index in [2.05, 4.69) is 12.2 Å². The second kappa shape index (κ2) is 9.17. The summed E-state index contributed by atoms with van der Waals surface area (Å²) < 4.78 is 5.07. The first-order valence-electron chi connectivity index (χ1n) is 9.35. The van der Waals surface area contributed by atoms with Gasteiger partial charge in [0.1, 0.15) is 0 Å². The predicted molar refractivity (Wildman–Crippen MR) is 93.8 cm³/mol. The van der Waals surface area contributed by atoms with Crippen LogP contribution in [0.25, 0.3) is 0 Å². The number of hydrogen-bond donors (Lipinski definition) is 1. The van der Waals surface area contributed by atoms with Gasteiger partial charge in [-0.05, 0) is 46.1 Å². The minimum absolute atomic E-state index is 0.0114. The number of carbonyl (C=O) groups excluding carboxylic acids is 3. The lowest BCUT2D eigenvalue weighted by molar-refractivity contribution is -0.152. The van der Waals surface area contributed by atoms with Gasteiger partial charge in [0.2, 0.25) is 11.8 Å². The Labute approximate surface area is 150 Å². The lowest BCUT2D eigenvalue weighted by Gasteiger charge is -2.34. The summed E-state index contributed by atoms with van der Waals surface area (Å²) in [5.41, 5.74) is 0. The van der Waals surface area contributed by atoms with E-state index in [1.165, 1.54) is 0 Å². The molecule has 3 atom stereocenters. The van der Waals surface area contributed by atoms with Gasteiger partial charge in [0, 0.05) is 32.1 Å². The Balaban J connectivity index is 1.85. The van der Waals surface area contributed by atoms with Crippen LogP contribution in [0.2, 0.25) is 0 Å². The van der Waals surface area contributed by atoms with Gasteiger partial charge in [-0.25, -0.2) is 0 Å². The molecule has 0 spiro atoms. The fraction of sp³-hybridized carbons (Fsp3) is 0.833. The molecule has 0 bridgehead atoms. The van der Waals surface area contributed by atoms with Crippen molar-refractivity contribution in [3.05, 3.63) is 0 Å². The molecule has 0 aliphatic carbocycles. The minimum atomic E-state index is -0.246. The quantitative estimate of drug-likeness (QED) is 0.734. The van der Waals surface area contributed by atoms with E-state index in [0.29, 0.717) is 25.7 Å². The molecule has 7 heteroatoms. The van der Waals surface area contributed by atoms with E-state index in [1.807, 2.05) is 0 Å². The highest BCUT2D eigenvalue weighted by atomic mass is 16.5. The molecule has 0 aromatic carbocycles. The molecular weight excluding hydrogens is 322 g/mol. The predicted octanol–water partition coefficient (Wildman–Crippen LogP) is 0.635. The van der Waals surface area contributed by atoms with Gasteiger partial charge >= 0.3 is 5.97 Å². The Morgan fingerprint density at radius 2 is 2.00 bits per heavy atom. The molecule has 2 aliphatic heterocycles. The number of likely N-dealkylation sites (N-methyl/N-ethyl adjacent to an activating group) is 1. The zero-order valence-corrected chi connectivity index (χ0v) is 15.6. The molecule has 0 saturated carbocycles. The second-order valence-corrected chi connectivity index (χ2v) is 7.20. The SMILES string of the molecule is CCOC(=O)C1CCCN(C(=O)CN(C)C(=O)[C@H]2CCN[C@@H](C)C2)C1. The van der Waals surface area contributed by atoms with Crippen LogP contribution in [0, 0.1) is 11.8 Å². The van der Waals surface area contributed by atoms with Crippen LogP contribution in [-0.4, -0.2) is 73.5 Å².